The number of aryl methyl sites for hydroxylation is 1. The summed E-state index contributed by atoms with van der Waals surface area (Å²) < 4.78 is 16.1. The van der Waals surface area contributed by atoms with Gasteiger partial charge in [-0.2, -0.15) is 0 Å². The predicted octanol–water partition coefficient (Wildman–Crippen LogP) is 5.34. The van der Waals surface area contributed by atoms with E-state index in [4.69, 9.17) is 14.2 Å². The Hall–Kier alpha value is -4.04. The summed E-state index contributed by atoms with van der Waals surface area (Å²) in [5.41, 5.74) is 2.22. The highest BCUT2D eigenvalue weighted by atomic mass is 32.2. The van der Waals surface area contributed by atoms with Crippen LogP contribution in [0.1, 0.15) is 21.5 Å². The summed E-state index contributed by atoms with van der Waals surface area (Å²) in [7, 11) is 1.55. The van der Waals surface area contributed by atoms with Crippen LogP contribution in [-0.4, -0.2) is 42.3 Å². The molecule has 178 valence electrons. The van der Waals surface area contributed by atoms with Crippen LogP contribution in [0, 0.1) is 6.92 Å². The number of carbonyl (C=O) groups excluding carboxylic acids is 3. The van der Waals surface area contributed by atoms with Crippen molar-refractivity contribution >= 4 is 35.0 Å². The topological polar surface area (TPSA) is 82.1 Å². The zero-order valence-electron chi connectivity index (χ0n) is 19.2. The number of carbonyl (C=O) groups is 3. The van der Waals surface area contributed by atoms with Gasteiger partial charge in [0.05, 0.1) is 24.1 Å². The Morgan fingerprint density at radius 1 is 0.886 bits per heavy atom. The van der Waals surface area contributed by atoms with E-state index < -0.39 is 5.97 Å². The minimum absolute atomic E-state index is 0.163. The molecule has 1 aliphatic rings. The Morgan fingerprint density at radius 2 is 1.51 bits per heavy atom. The molecule has 1 aliphatic heterocycles. The average Bonchev–Trinajstić information content (AvgIpc) is 3.13. The summed E-state index contributed by atoms with van der Waals surface area (Å²) in [5, 5.41) is -0.334. The fourth-order valence-corrected chi connectivity index (χ4v) is 4.12. The molecule has 0 radical (unpaired) electrons. The van der Waals surface area contributed by atoms with E-state index in [1.54, 1.807) is 61.7 Å². The van der Waals surface area contributed by atoms with E-state index in [1.807, 2.05) is 31.2 Å². The number of esters is 1. The van der Waals surface area contributed by atoms with Gasteiger partial charge < -0.3 is 14.2 Å². The lowest BCUT2D eigenvalue weighted by atomic mass is 10.2. The zero-order chi connectivity index (χ0) is 24.8. The van der Waals surface area contributed by atoms with Crippen molar-refractivity contribution in [2.24, 2.45) is 0 Å². The third kappa shape index (κ3) is 6.10. The van der Waals surface area contributed by atoms with Gasteiger partial charge in [0.15, 0.2) is 0 Å². The number of hydrogen-bond acceptors (Lipinski definition) is 7. The van der Waals surface area contributed by atoms with E-state index in [0.29, 0.717) is 33.3 Å². The Morgan fingerprint density at radius 3 is 2.17 bits per heavy atom. The highest BCUT2D eigenvalue weighted by Gasteiger charge is 2.34. The van der Waals surface area contributed by atoms with Crippen molar-refractivity contribution in [3.8, 4) is 17.2 Å². The molecule has 2 amide bonds. The number of amides is 2. The first-order valence-electron chi connectivity index (χ1n) is 10.8. The van der Waals surface area contributed by atoms with Gasteiger partial charge in [-0.1, -0.05) is 29.8 Å². The maximum absolute atomic E-state index is 12.7. The SMILES string of the molecule is COc1ccc(C(=O)Oc2ccc(/C=C3\SC(=O)N(CCOc4ccc(C)cc4)C3=O)cc2)cc1. The molecule has 0 bridgehead atoms. The molecule has 0 N–H and O–H groups in total. The number of ether oxygens (including phenoxy) is 3. The third-order valence-corrected chi connectivity index (χ3v) is 6.10. The second kappa shape index (κ2) is 10.9. The van der Waals surface area contributed by atoms with E-state index in [9.17, 15) is 14.4 Å². The summed E-state index contributed by atoms with van der Waals surface area (Å²) in [6, 6.07) is 20.9. The summed E-state index contributed by atoms with van der Waals surface area (Å²) in [5.74, 6) is 0.848. The van der Waals surface area contributed by atoms with E-state index in [0.717, 1.165) is 17.3 Å². The normalized spacial score (nSPS) is 14.3. The maximum atomic E-state index is 12.7. The molecule has 1 heterocycles. The first kappa shape index (κ1) is 24.1. The molecule has 0 unspecified atom stereocenters. The lowest BCUT2D eigenvalue weighted by molar-refractivity contribution is -0.123. The molecule has 3 aromatic carbocycles. The van der Waals surface area contributed by atoms with Gasteiger partial charge in [0.25, 0.3) is 11.1 Å². The number of imide groups is 1. The third-order valence-electron chi connectivity index (χ3n) is 5.19. The summed E-state index contributed by atoms with van der Waals surface area (Å²) in [6.07, 6.45) is 1.64. The van der Waals surface area contributed by atoms with Crippen LogP contribution in [0.3, 0.4) is 0 Å². The van der Waals surface area contributed by atoms with Gasteiger partial charge in [-0.25, -0.2) is 4.79 Å². The van der Waals surface area contributed by atoms with Crippen molar-refractivity contribution in [1.29, 1.82) is 0 Å². The first-order chi connectivity index (χ1) is 16.9. The number of thioether (sulfide) groups is 1. The van der Waals surface area contributed by atoms with E-state index >= 15 is 0 Å². The predicted molar refractivity (Wildman–Crippen MR) is 134 cm³/mol. The monoisotopic (exact) mass is 489 g/mol. The van der Waals surface area contributed by atoms with E-state index in [2.05, 4.69) is 0 Å². The number of benzene rings is 3. The molecule has 1 saturated heterocycles. The van der Waals surface area contributed by atoms with Crippen LogP contribution in [0.4, 0.5) is 4.79 Å². The van der Waals surface area contributed by atoms with Crippen molar-refractivity contribution in [3.05, 3.63) is 94.4 Å². The molecule has 0 aliphatic carbocycles. The molecular formula is C27H23NO6S. The van der Waals surface area contributed by atoms with Gasteiger partial charge in [0, 0.05) is 0 Å². The van der Waals surface area contributed by atoms with E-state index in [1.165, 1.54) is 4.90 Å². The molecule has 8 heteroatoms. The van der Waals surface area contributed by atoms with Crippen LogP contribution in [0.2, 0.25) is 0 Å². The van der Waals surface area contributed by atoms with Gasteiger partial charge in [-0.3, -0.25) is 14.5 Å². The standard InChI is InChI=1S/C27H23NO6S/c1-18-3-9-22(10-4-18)33-16-15-28-25(29)24(35-27(28)31)17-19-5-11-23(12-6-19)34-26(30)20-7-13-21(32-2)14-8-20/h3-14,17H,15-16H2,1-2H3/b24-17-. The fourth-order valence-electron chi connectivity index (χ4n) is 3.26. The molecular weight excluding hydrogens is 466 g/mol. The van der Waals surface area contributed by atoms with Gasteiger partial charge in [0.1, 0.15) is 23.9 Å². The Balaban J connectivity index is 1.33. The van der Waals surface area contributed by atoms with Crippen molar-refractivity contribution in [3.63, 3.8) is 0 Å². The Bertz CT molecular complexity index is 1250. The molecule has 7 nitrogen and oxygen atoms in total. The van der Waals surface area contributed by atoms with Crippen molar-refractivity contribution < 1.29 is 28.6 Å². The molecule has 3 aromatic rings. The second-order valence-electron chi connectivity index (χ2n) is 7.68. The van der Waals surface area contributed by atoms with Crippen molar-refractivity contribution in [2.75, 3.05) is 20.3 Å². The summed E-state index contributed by atoms with van der Waals surface area (Å²) in [6.45, 7) is 2.36. The number of rotatable bonds is 8. The number of nitrogens with zero attached hydrogens (tertiary/aromatic N) is 1. The number of hydrogen-bond donors (Lipinski definition) is 0. The lowest BCUT2D eigenvalue weighted by Gasteiger charge is -2.13. The van der Waals surface area contributed by atoms with Crippen LogP contribution >= 0.6 is 11.8 Å². The quantitative estimate of drug-likeness (QED) is 0.240. The highest BCUT2D eigenvalue weighted by molar-refractivity contribution is 8.18. The summed E-state index contributed by atoms with van der Waals surface area (Å²) >= 11 is 0.887. The van der Waals surface area contributed by atoms with Gasteiger partial charge in [-0.15, -0.1) is 0 Å². The Kier molecular flexibility index (Phi) is 7.52. The highest BCUT2D eigenvalue weighted by Crippen LogP contribution is 2.32. The van der Waals surface area contributed by atoms with Crippen molar-refractivity contribution in [1.82, 2.24) is 4.90 Å². The van der Waals surface area contributed by atoms with Crippen LogP contribution in [0.25, 0.3) is 6.08 Å². The number of methoxy groups -OCH3 is 1. The minimum Gasteiger partial charge on any atom is -0.497 e. The smallest absolute Gasteiger partial charge is 0.343 e. The Labute approximate surface area is 207 Å². The molecule has 35 heavy (non-hydrogen) atoms. The van der Waals surface area contributed by atoms with Gasteiger partial charge >= 0.3 is 5.97 Å². The molecule has 0 spiro atoms. The molecule has 0 aromatic heterocycles. The second-order valence-corrected chi connectivity index (χ2v) is 8.68. The fraction of sp³-hybridized carbons (Fsp3) is 0.148. The lowest BCUT2D eigenvalue weighted by Crippen LogP contribution is -2.32. The molecule has 1 fully saturated rings. The molecule has 4 rings (SSSR count). The average molecular weight is 490 g/mol. The van der Waals surface area contributed by atoms with Gasteiger partial charge in [0.2, 0.25) is 0 Å². The summed E-state index contributed by atoms with van der Waals surface area (Å²) in [4.78, 5) is 38.8. The largest absolute Gasteiger partial charge is 0.497 e. The zero-order valence-corrected chi connectivity index (χ0v) is 20.0. The van der Waals surface area contributed by atoms with Crippen LogP contribution in [-0.2, 0) is 4.79 Å². The van der Waals surface area contributed by atoms with Crippen LogP contribution in [0.15, 0.2) is 77.7 Å². The minimum atomic E-state index is -0.491. The van der Waals surface area contributed by atoms with E-state index in [-0.39, 0.29) is 24.3 Å². The van der Waals surface area contributed by atoms with Crippen LogP contribution in [0.5, 0.6) is 17.2 Å². The van der Waals surface area contributed by atoms with Crippen LogP contribution < -0.4 is 14.2 Å². The molecule has 0 saturated carbocycles. The van der Waals surface area contributed by atoms with Gasteiger partial charge in [-0.05, 0) is 78.9 Å². The molecule has 0 atom stereocenters. The van der Waals surface area contributed by atoms with Crippen molar-refractivity contribution in [2.45, 2.75) is 6.92 Å². The maximum Gasteiger partial charge on any atom is 0.343 e. The first-order valence-corrected chi connectivity index (χ1v) is 11.7.